The highest BCUT2D eigenvalue weighted by atomic mass is 79.9. The summed E-state index contributed by atoms with van der Waals surface area (Å²) in [5.74, 6) is 0. The molecule has 0 bridgehead atoms. The maximum Gasteiger partial charge on any atom is 0.278 e. The van der Waals surface area contributed by atoms with E-state index in [1.165, 1.54) is 12.3 Å². The fourth-order valence-electron chi connectivity index (χ4n) is 1.18. The van der Waals surface area contributed by atoms with E-state index in [0.29, 0.717) is 14.6 Å². The number of H-pyrrole nitrogens is 1. The van der Waals surface area contributed by atoms with E-state index in [2.05, 4.69) is 46.8 Å². The van der Waals surface area contributed by atoms with Gasteiger partial charge < -0.3 is 0 Å². The number of nitrogens with one attached hydrogen (secondary N) is 2. The van der Waals surface area contributed by atoms with Crippen LogP contribution in [0.15, 0.2) is 44.4 Å². The molecule has 2 rings (SSSR count). The molecule has 5 nitrogen and oxygen atoms in total. The molecule has 17 heavy (non-hydrogen) atoms. The maximum atomic E-state index is 11.9. The lowest BCUT2D eigenvalue weighted by molar-refractivity contribution is 0.597. The number of para-hydroxylation sites is 1. The highest BCUT2D eigenvalue weighted by Crippen LogP contribution is 2.32. The molecule has 8 heteroatoms. The van der Waals surface area contributed by atoms with Gasteiger partial charge in [-0.25, -0.2) is 0 Å². The Balaban J connectivity index is 2.40. The van der Waals surface area contributed by atoms with E-state index in [0.717, 1.165) is 0 Å². The number of sulfonamides is 1. The van der Waals surface area contributed by atoms with Gasteiger partial charge >= 0.3 is 0 Å². The minimum absolute atomic E-state index is 0.0140. The first kappa shape index (κ1) is 12.6. The van der Waals surface area contributed by atoms with Crippen LogP contribution in [0.4, 0.5) is 5.69 Å². The molecule has 1 aromatic carbocycles. The second kappa shape index (κ2) is 4.79. The fraction of sp³-hybridized carbons (Fsp3) is 0. The van der Waals surface area contributed by atoms with Crippen LogP contribution in [-0.4, -0.2) is 18.6 Å². The third-order valence-electron chi connectivity index (χ3n) is 1.96. The summed E-state index contributed by atoms with van der Waals surface area (Å²) in [4.78, 5) is 0. The van der Waals surface area contributed by atoms with Gasteiger partial charge in [-0.15, -0.1) is 0 Å². The molecule has 0 aliphatic heterocycles. The first-order valence-corrected chi connectivity index (χ1v) is 7.54. The Labute approximate surface area is 115 Å². The molecule has 0 saturated carbocycles. The molecule has 0 aliphatic rings. The number of rotatable bonds is 3. The van der Waals surface area contributed by atoms with E-state index in [9.17, 15) is 8.42 Å². The highest BCUT2D eigenvalue weighted by Gasteiger charge is 2.18. The van der Waals surface area contributed by atoms with Crippen LogP contribution in [0.2, 0.25) is 0 Å². The Bertz CT molecular complexity index is 605. The van der Waals surface area contributed by atoms with Crippen molar-refractivity contribution >= 4 is 47.6 Å². The van der Waals surface area contributed by atoms with Crippen LogP contribution in [0.5, 0.6) is 0 Å². The molecule has 0 spiro atoms. The molecule has 2 N–H and O–H groups in total. The molecule has 0 atom stereocenters. The molecule has 2 aromatic rings. The first-order valence-electron chi connectivity index (χ1n) is 4.47. The van der Waals surface area contributed by atoms with Gasteiger partial charge in [0.15, 0.2) is 5.03 Å². The summed E-state index contributed by atoms with van der Waals surface area (Å²) in [6.07, 6.45) is 1.38. The molecule has 0 fully saturated rings. The number of aromatic nitrogens is 2. The largest absolute Gasteiger partial charge is 0.278 e. The summed E-state index contributed by atoms with van der Waals surface area (Å²) < 4.78 is 27.6. The van der Waals surface area contributed by atoms with Crippen LogP contribution in [0.1, 0.15) is 0 Å². The third-order valence-corrected chi connectivity index (χ3v) is 4.56. The zero-order valence-electron chi connectivity index (χ0n) is 8.31. The van der Waals surface area contributed by atoms with Crippen LogP contribution in [0, 0.1) is 0 Å². The molecular formula is C9H7Br2N3O2S. The number of benzene rings is 1. The third kappa shape index (κ3) is 2.70. The number of hydrogen-bond acceptors (Lipinski definition) is 3. The summed E-state index contributed by atoms with van der Waals surface area (Å²) in [6, 6.07) is 6.67. The van der Waals surface area contributed by atoms with Gasteiger partial charge in [0, 0.05) is 8.95 Å². The minimum atomic E-state index is -3.64. The molecule has 1 heterocycles. The van der Waals surface area contributed by atoms with Gasteiger partial charge in [0.25, 0.3) is 10.0 Å². The van der Waals surface area contributed by atoms with E-state index in [1.807, 2.05) is 0 Å². The lowest BCUT2D eigenvalue weighted by Gasteiger charge is -2.09. The summed E-state index contributed by atoms with van der Waals surface area (Å²) in [6.45, 7) is 0. The molecule has 0 unspecified atom stereocenters. The van der Waals surface area contributed by atoms with Crippen LogP contribution >= 0.6 is 31.9 Å². The molecule has 0 aliphatic carbocycles. The summed E-state index contributed by atoms with van der Waals surface area (Å²) in [5.41, 5.74) is 0.446. The number of anilines is 1. The quantitative estimate of drug-likeness (QED) is 0.859. The molecule has 90 valence electrons. The van der Waals surface area contributed by atoms with E-state index in [4.69, 9.17) is 0 Å². The monoisotopic (exact) mass is 379 g/mol. The lowest BCUT2D eigenvalue weighted by Crippen LogP contribution is -2.14. The van der Waals surface area contributed by atoms with Gasteiger partial charge in [-0.3, -0.25) is 9.82 Å². The number of hydrogen-bond donors (Lipinski definition) is 2. The predicted molar refractivity (Wildman–Crippen MR) is 71.2 cm³/mol. The van der Waals surface area contributed by atoms with Crippen LogP contribution in [0.3, 0.4) is 0 Å². The van der Waals surface area contributed by atoms with Gasteiger partial charge in [0.1, 0.15) is 0 Å². The van der Waals surface area contributed by atoms with Crippen molar-refractivity contribution in [3.8, 4) is 0 Å². The Morgan fingerprint density at radius 2 is 1.82 bits per heavy atom. The highest BCUT2D eigenvalue weighted by molar-refractivity contribution is 9.11. The Kier molecular flexibility index (Phi) is 3.55. The van der Waals surface area contributed by atoms with Crippen molar-refractivity contribution in [3.63, 3.8) is 0 Å². The van der Waals surface area contributed by atoms with E-state index in [-0.39, 0.29) is 5.03 Å². The Hall–Kier alpha value is -0.860. The normalized spacial score (nSPS) is 11.4. The summed E-state index contributed by atoms with van der Waals surface area (Å²) in [7, 11) is -3.64. The number of halogens is 2. The summed E-state index contributed by atoms with van der Waals surface area (Å²) >= 11 is 6.56. The van der Waals surface area contributed by atoms with Gasteiger partial charge in [-0.2, -0.15) is 13.5 Å². The maximum absolute atomic E-state index is 11.9. The summed E-state index contributed by atoms with van der Waals surface area (Å²) in [5, 5.41) is 6.03. The Morgan fingerprint density at radius 3 is 2.35 bits per heavy atom. The minimum Gasteiger partial charge on any atom is -0.276 e. The van der Waals surface area contributed by atoms with Crippen molar-refractivity contribution in [2.24, 2.45) is 0 Å². The van der Waals surface area contributed by atoms with Crippen LogP contribution in [0.25, 0.3) is 0 Å². The number of nitrogens with zero attached hydrogens (tertiary/aromatic N) is 1. The first-order chi connectivity index (χ1) is 8.00. The van der Waals surface area contributed by atoms with Crippen LogP contribution in [-0.2, 0) is 10.0 Å². The average Bonchev–Trinajstić information content (AvgIpc) is 2.77. The molecular weight excluding hydrogens is 374 g/mol. The van der Waals surface area contributed by atoms with Crippen molar-refractivity contribution in [2.75, 3.05) is 4.72 Å². The molecule has 0 saturated heterocycles. The number of aromatic amines is 1. The predicted octanol–water partition coefficient (Wildman–Crippen LogP) is 2.74. The smallest absolute Gasteiger partial charge is 0.276 e. The molecule has 0 radical (unpaired) electrons. The van der Waals surface area contributed by atoms with Gasteiger partial charge in [-0.05, 0) is 50.1 Å². The van der Waals surface area contributed by atoms with E-state index in [1.54, 1.807) is 18.2 Å². The molecule has 1 aromatic heterocycles. The SMILES string of the molecule is O=S(=O)(Nc1c(Br)cccc1Br)c1ccn[nH]1. The lowest BCUT2D eigenvalue weighted by atomic mass is 10.3. The fourth-order valence-corrected chi connectivity index (χ4v) is 3.65. The van der Waals surface area contributed by atoms with E-state index < -0.39 is 10.0 Å². The van der Waals surface area contributed by atoms with Crippen molar-refractivity contribution in [1.29, 1.82) is 0 Å². The molecule has 0 amide bonds. The van der Waals surface area contributed by atoms with E-state index >= 15 is 0 Å². The van der Waals surface area contributed by atoms with Crippen molar-refractivity contribution in [1.82, 2.24) is 10.2 Å². The average molecular weight is 381 g/mol. The van der Waals surface area contributed by atoms with Crippen molar-refractivity contribution in [3.05, 3.63) is 39.4 Å². The van der Waals surface area contributed by atoms with Gasteiger partial charge in [0.2, 0.25) is 0 Å². The topological polar surface area (TPSA) is 74.8 Å². The van der Waals surface area contributed by atoms with Crippen LogP contribution < -0.4 is 4.72 Å². The van der Waals surface area contributed by atoms with Crippen molar-refractivity contribution < 1.29 is 8.42 Å². The Morgan fingerprint density at radius 1 is 1.18 bits per heavy atom. The zero-order chi connectivity index (χ0) is 12.5. The van der Waals surface area contributed by atoms with Crippen molar-refractivity contribution in [2.45, 2.75) is 5.03 Å². The second-order valence-corrected chi connectivity index (χ2v) is 6.48. The standard InChI is InChI=1S/C9H7Br2N3O2S/c10-6-2-1-3-7(11)9(6)14-17(15,16)8-4-5-12-13-8/h1-5,14H,(H,12,13). The van der Waals surface area contributed by atoms with Gasteiger partial charge in [-0.1, -0.05) is 6.07 Å². The van der Waals surface area contributed by atoms with Gasteiger partial charge in [0.05, 0.1) is 11.9 Å². The second-order valence-electron chi connectivity index (χ2n) is 3.12. The zero-order valence-corrected chi connectivity index (χ0v) is 12.3.